The Morgan fingerprint density at radius 3 is 2.73 bits per heavy atom. The van der Waals surface area contributed by atoms with Crippen LogP contribution in [0.15, 0.2) is 30.5 Å². The molecule has 0 aliphatic heterocycles. The van der Waals surface area contributed by atoms with Gasteiger partial charge < -0.3 is 15.0 Å². The Bertz CT molecular complexity index is 649. The van der Waals surface area contributed by atoms with Crippen molar-refractivity contribution in [2.24, 2.45) is 7.05 Å². The van der Waals surface area contributed by atoms with Crippen LogP contribution >= 0.6 is 0 Å². The van der Waals surface area contributed by atoms with Gasteiger partial charge in [0.15, 0.2) is 0 Å². The molecule has 6 heteroatoms. The van der Waals surface area contributed by atoms with E-state index in [1.54, 1.807) is 10.9 Å². The largest absolute Gasteiger partial charge is 0.492 e. The highest BCUT2D eigenvalue weighted by atomic mass is 16.5. The number of rotatable bonds is 6. The standard InChI is InChI=1S/C16H22N4O2/c1-12(21)18-13-5-6-16(22-10-9-19(2)3)14(11-13)15-7-8-17-20(15)4/h5-8,11H,9-10H2,1-4H3,(H,18,21). The number of hydrogen-bond acceptors (Lipinski definition) is 4. The van der Waals surface area contributed by atoms with Crippen LogP contribution in [-0.4, -0.2) is 47.8 Å². The van der Waals surface area contributed by atoms with Crippen molar-refractivity contribution in [3.63, 3.8) is 0 Å². The SMILES string of the molecule is CC(=O)Nc1ccc(OCCN(C)C)c(-c2ccnn2C)c1. The molecule has 0 aliphatic rings. The molecule has 0 aliphatic carbocycles. The van der Waals surface area contributed by atoms with Gasteiger partial charge in [0, 0.05) is 38.0 Å². The number of carbonyl (C=O) groups is 1. The lowest BCUT2D eigenvalue weighted by Gasteiger charge is -2.15. The Labute approximate surface area is 130 Å². The van der Waals surface area contributed by atoms with E-state index < -0.39 is 0 Å². The summed E-state index contributed by atoms with van der Waals surface area (Å²) in [6, 6.07) is 7.55. The van der Waals surface area contributed by atoms with Crippen LogP contribution in [0.5, 0.6) is 5.75 Å². The van der Waals surface area contributed by atoms with Crippen LogP contribution in [0.3, 0.4) is 0 Å². The summed E-state index contributed by atoms with van der Waals surface area (Å²) in [4.78, 5) is 13.3. The lowest BCUT2D eigenvalue weighted by atomic mass is 10.1. The fraction of sp³-hybridized carbons (Fsp3) is 0.375. The highest BCUT2D eigenvalue weighted by molar-refractivity contribution is 5.90. The predicted molar refractivity (Wildman–Crippen MR) is 87.0 cm³/mol. The number of aryl methyl sites for hydroxylation is 1. The average molecular weight is 302 g/mol. The van der Waals surface area contributed by atoms with E-state index >= 15 is 0 Å². The summed E-state index contributed by atoms with van der Waals surface area (Å²) in [5.74, 6) is 0.678. The minimum absolute atomic E-state index is 0.0998. The number of carbonyl (C=O) groups excluding carboxylic acids is 1. The van der Waals surface area contributed by atoms with Gasteiger partial charge in [-0.05, 0) is 38.4 Å². The lowest BCUT2D eigenvalue weighted by Crippen LogP contribution is -2.19. The van der Waals surface area contributed by atoms with E-state index in [4.69, 9.17) is 4.74 Å². The van der Waals surface area contributed by atoms with E-state index in [1.165, 1.54) is 6.92 Å². The van der Waals surface area contributed by atoms with Crippen LogP contribution < -0.4 is 10.1 Å². The number of aromatic nitrogens is 2. The molecule has 22 heavy (non-hydrogen) atoms. The third kappa shape index (κ3) is 4.08. The maximum atomic E-state index is 11.2. The number of amides is 1. The first-order valence-electron chi connectivity index (χ1n) is 7.15. The van der Waals surface area contributed by atoms with Gasteiger partial charge >= 0.3 is 0 Å². The number of hydrogen-bond donors (Lipinski definition) is 1. The second-order valence-electron chi connectivity index (χ2n) is 5.38. The molecule has 0 fully saturated rings. The van der Waals surface area contributed by atoms with Crippen LogP contribution in [0, 0.1) is 0 Å². The fourth-order valence-electron chi connectivity index (χ4n) is 2.11. The van der Waals surface area contributed by atoms with Crippen molar-refractivity contribution in [2.75, 3.05) is 32.6 Å². The van der Waals surface area contributed by atoms with Gasteiger partial charge in [-0.3, -0.25) is 9.48 Å². The van der Waals surface area contributed by atoms with Gasteiger partial charge in [0.1, 0.15) is 12.4 Å². The first-order chi connectivity index (χ1) is 10.5. The minimum Gasteiger partial charge on any atom is -0.492 e. The Hall–Kier alpha value is -2.34. The molecule has 1 heterocycles. The monoisotopic (exact) mass is 302 g/mol. The zero-order valence-electron chi connectivity index (χ0n) is 13.5. The predicted octanol–water partition coefficient (Wildman–Crippen LogP) is 1.99. The topological polar surface area (TPSA) is 59.4 Å². The van der Waals surface area contributed by atoms with E-state index in [-0.39, 0.29) is 5.91 Å². The summed E-state index contributed by atoms with van der Waals surface area (Å²) in [5, 5.41) is 6.99. The van der Waals surface area contributed by atoms with Crippen LogP contribution in [0.4, 0.5) is 5.69 Å². The molecule has 2 aromatic rings. The highest BCUT2D eigenvalue weighted by Crippen LogP contribution is 2.32. The summed E-state index contributed by atoms with van der Waals surface area (Å²) < 4.78 is 7.67. The molecule has 6 nitrogen and oxygen atoms in total. The van der Waals surface area contributed by atoms with E-state index in [0.717, 1.165) is 29.2 Å². The molecule has 0 saturated carbocycles. The first-order valence-corrected chi connectivity index (χ1v) is 7.15. The number of ether oxygens (including phenoxy) is 1. The zero-order valence-corrected chi connectivity index (χ0v) is 13.5. The smallest absolute Gasteiger partial charge is 0.221 e. The number of benzene rings is 1. The molecule has 0 saturated heterocycles. The first kappa shape index (κ1) is 16.0. The zero-order chi connectivity index (χ0) is 16.1. The van der Waals surface area contributed by atoms with Crippen molar-refractivity contribution < 1.29 is 9.53 Å². The summed E-state index contributed by atoms with van der Waals surface area (Å²) in [6.07, 6.45) is 1.74. The molecule has 1 aromatic carbocycles. The van der Waals surface area contributed by atoms with Crippen LogP contribution in [-0.2, 0) is 11.8 Å². The molecule has 0 unspecified atom stereocenters. The minimum atomic E-state index is -0.0998. The highest BCUT2D eigenvalue weighted by Gasteiger charge is 2.12. The second-order valence-corrected chi connectivity index (χ2v) is 5.38. The van der Waals surface area contributed by atoms with Gasteiger partial charge in [0.25, 0.3) is 0 Å². The molecule has 0 bridgehead atoms. The maximum absolute atomic E-state index is 11.2. The molecular weight excluding hydrogens is 280 g/mol. The molecule has 1 aromatic heterocycles. The fourth-order valence-corrected chi connectivity index (χ4v) is 2.11. The Morgan fingerprint density at radius 1 is 1.36 bits per heavy atom. The quantitative estimate of drug-likeness (QED) is 0.886. The number of likely N-dealkylation sites (N-methyl/N-ethyl adjacent to an activating group) is 1. The second kappa shape index (κ2) is 7.09. The van der Waals surface area contributed by atoms with Crippen LogP contribution in [0.25, 0.3) is 11.3 Å². The van der Waals surface area contributed by atoms with Gasteiger partial charge in [0.2, 0.25) is 5.91 Å². The normalized spacial score (nSPS) is 10.8. The van der Waals surface area contributed by atoms with Crippen molar-refractivity contribution in [2.45, 2.75) is 6.92 Å². The third-order valence-corrected chi connectivity index (χ3v) is 3.19. The summed E-state index contributed by atoms with van der Waals surface area (Å²) in [7, 11) is 5.89. The molecular formula is C16H22N4O2. The van der Waals surface area contributed by atoms with Gasteiger partial charge in [-0.1, -0.05) is 0 Å². The summed E-state index contributed by atoms with van der Waals surface area (Å²) >= 11 is 0. The van der Waals surface area contributed by atoms with Gasteiger partial charge in [-0.15, -0.1) is 0 Å². The van der Waals surface area contributed by atoms with Crippen molar-refractivity contribution in [3.8, 4) is 17.0 Å². The van der Waals surface area contributed by atoms with Crippen LogP contribution in [0.2, 0.25) is 0 Å². The lowest BCUT2D eigenvalue weighted by molar-refractivity contribution is -0.114. The van der Waals surface area contributed by atoms with E-state index in [2.05, 4.69) is 15.3 Å². The van der Waals surface area contributed by atoms with Gasteiger partial charge in [-0.2, -0.15) is 5.10 Å². The molecule has 1 amide bonds. The van der Waals surface area contributed by atoms with Crippen molar-refractivity contribution >= 4 is 11.6 Å². The Morgan fingerprint density at radius 2 is 2.14 bits per heavy atom. The van der Waals surface area contributed by atoms with Crippen LogP contribution in [0.1, 0.15) is 6.92 Å². The number of anilines is 1. The van der Waals surface area contributed by atoms with E-state index in [0.29, 0.717) is 6.61 Å². The van der Waals surface area contributed by atoms with Gasteiger partial charge in [-0.25, -0.2) is 0 Å². The van der Waals surface area contributed by atoms with Crippen molar-refractivity contribution in [1.29, 1.82) is 0 Å². The molecule has 0 atom stereocenters. The summed E-state index contributed by atoms with van der Waals surface area (Å²) in [6.45, 7) is 2.92. The third-order valence-electron chi connectivity index (χ3n) is 3.19. The molecule has 1 N–H and O–H groups in total. The molecule has 0 spiro atoms. The molecule has 118 valence electrons. The van der Waals surface area contributed by atoms with Crippen molar-refractivity contribution in [1.82, 2.24) is 14.7 Å². The number of nitrogens with zero attached hydrogens (tertiary/aromatic N) is 3. The summed E-state index contributed by atoms with van der Waals surface area (Å²) in [5.41, 5.74) is 2.58. The Balaban J connectivity index is 2.31. The van der Waals surface area contributed by atoms with Crippen molar-refractivity contribution in [3.05, 3.63) is 30.5 Å². The average Bonchev–Trinajstić information content (AvgIpc) is 2.85. The number of nitrogens with one attached hydrogen (secondary N) is 1. The van der Waals surface area contributed by atoms with E-state index in [1.807, 2.05) is 45.4 Å². The Kier molecular flexibility index (Phi) is 5.16. The molecule has 0 radical (unpaired) electrons. The van der Waals surface area contributed by atoms with E-state index in [9.17, 15) is 4.79 Å². The molecule has 2 rings (SSSR count). The maximum Gasteiger partial charge on any atom is 0.221 e. The van der Waals surface area contributed by atoms with Gasteiger partial charge in [0.05, 0.1) is 5.69 Å².